The van der Waals surface area contributed by atoms with Crippen molar-refractivity contribution >= 4 is 39.7 Å². The monoisotopic (exact) mass is 515 g/mol. The number of thiophene rings is 2. The van der Waals surface area contributed by atoms with Crippen molar-refractivity contribution in [3.05, 3.63) is 36.9 Å². The fourth-order valence-corrected chi connectivity index (χ4v) is 6.81. The van der Waals surface area contributed by atoms with Crippen molar-refractivity contribution in [3.63, 3.8) is 0 Å². The Balaban J connectivity index is 1.54. The molecule has 3 N–H and O–H groups in total. The molecule has 1 aliphatic carbocycles. The number of rotatable bonds is 4. The Kier molecular flexibility index (Phi) is 6.99. The number of nitrogens with one attached hydrogen (secondary N) is 3. The van der Waals surface area contributed by atoms with Crippen LogP contribution >= 0.6 is 22.7 Å². The van der Waals surface area contributed by atoms with Crippen molar-refractivity contribution in [2.75, 3.05) is 11.9 Å². The number of carbonyl (C=O) groups is 2. The van der Waals surface area contributed by atoms with Crippen LogP contribution in [-0.2, 0) is 43.3 Å². The summed E-state index contributed by atoms with van der Waals surface area (Å²) < 4.78 is 46.4. The average Bonchev–Trinajstić information content (AvgIpc) is 3.29. The number of halogens is 3. The summed E-state index contributed by atoms with van der Waals surface area (Å²) >= 11 is 2.08. The molecular formula is C23H28F3N3O3S2. The quantitative estimate of drug-likeness (QED) is 0.461. The van der Waals surface area contributed by atoms with Crippen molar-refractivity contribution < 1.29 is 27.5 Å². The molecule has 0 fully saturated rings. The molecule has 186 valence electrons. The average molecular weight is 516 g/mol. The van der Waals surface area contributed by atoms with Gasteiger partial charge in [-0.05, 0) is 76.1 Å². The minimum absolute atomic E-state index is 0.127. The number of hydrogen-bond donors (Lipinski definition) is 3. The van der Waals surface area contributed by atoms with E-state index in [1.54, 1.807) is 20.8 Å². The summed E-state index contributed by atoms with van der Waals surface area (Å²) in [5.41, 5.74) is 1.36. The molecule has 2 aromatic rings. The molecule has 2 aliphatic rings. The van der Waals surface area contributed by atoms with E-state index in [9.17, 15) is 22.8 Å². The Morgan fingerprint density at radius 3 is 2.47 bits per heavy atom. The number of carbonyl (C=O) groups excluding carboxylic acids is 2. The predicted molar refractivity (Wildman–Crippen MR) is 127 cm³/mol. The van der Waals surface area contributed by atoms with E-state index < -0.39 is 28.7 Å². The molecule has 0 saturated carbocycles. The molecule has 6 nitrogen and oxygen atoms in total. The van der Waals surface area contributed by atoms with Crippen molar-refractivity contribution in [1.82, 2.24) is 10.6 Å². The van der Waals surface area contributed by atoms with Crippen LogP contribution in [-0.4, -0.2) is 24.1 Å². The van der Waals surface area contributed by atoms with E-state index in [4.69, 9.17) is 4.74 Å². The molecule has 0 bridgehead atoms. The van der Waals surface area contributed by atoms with Gasteiger partial charge < -0.3 is 15.4 Å². The zero-order valence-electron chi connectivity index (χ0n) is 19.3. The predicted octanol–water partition coefficient (Wildman–Crippen LogP) is 5.63. The summed E-state index contributed by atoms with van der Waals surface area (Å²) in [7, 11) is 0. The maximum Gasteiger partial charge on any atom is 0.425 e. The fraction of sp³-hybridized carbons (Fsp3) is 0.565. The van der Waals surface area contributed by atoms with E-state index in [0.717, 1.165) is 47.5 Å². The van der Waals surface area contributed by atoms with Crippen LogP contribution in [0.1, 0.15) is 75.3 Å². The number of ether oxygens (including phenoxy) is 1. The normalized spacial score (nSPS) is 15.9. The van der Waals surface area contributed by atoms with Gasteiger partial charge >= 0.3 is 18.2 Å². The molecule has 0 atom stereocenters. The van der Waals surface area contributed by atoms with E-state index in [0.29, 0.717) is 40.5 Å². The number of hydrogen-bond acceptors (Lipinski definition) is 6. The number of esters is 1. The Bertz CT molecular complexity index is 1100. The minimum Gasteiger partial charge on any atom is -0.456 e. The Hall–Kier alpha value is -2.11. The highest BCUT2D eigenvalue weighted by molar-refractivity contribution is 7.17. The lowest BCUT2D eigenvalue weighted by Gasteiger charge is -2.21. The molecule has 0 saturated heterocycles. The van der Waals surface area contributed by atoms with Gasteiger partial charge in [-0.3, -0.25) is 5.32 Å². The summed E-state index contributed by atoms with van der Waals surface area (Å²) in [5, 5.41) is 8.76. The van der Waals surface area contributed by atoms with Gasteiger partial charge in [-0.2, -0.15) is 13.2 Å². The molecule has 2 amide bonds. The number of anilines is 1. The van der Waals surface area contributed by atoms with Gasteiger partial charge in [0.2, 0.25) is 0 Å². The van der Waals surface area contributed by atoms with Gasteiger partial charge in [0.25, 0.3) is 0 Å². The van der Waals surface area contributed by atoms with Gasteiger partial charge in [0.1, 0.15) is 15.5 Å². The van der Waals surface area contributed by atoms with E-state index in [2.05, 4.69) is 16.0 Å². The lowest BCUT2D eigenvalue weighted by molar-refractivity contribution is -0.135. The summed E-state index contributed by atoms with van der Waals surface area (Å²) in [6.45, 7) is 6.09. The van der Waals surface area contributed by atoms with Gasteiger partial charge in [0.15, 0.2) is 0 Å². The van der Waals surface area contributed by atoms with Crippen LogP contribution in [0.25, 0.3) is 0 Å². The van der Waals surface area contributed by atoms with Crippen LogP contribution in [0.5, 0.6) is 0 Å². The fourth-order valence-electron chi connectivity index (χ4n) is 4.33. The summed E-state index contributed by atoms with van der Waals surface area (Å²) in [6, 6.07) is -0.648. The first kappa shape index (κ1) is 25.0. The maximum atomic E-state index is 13.6. The molecule has 0 radical (unpaired) electrons. The summed E-state index contributed by atoms with van der Waals surface area (Å²) in [5.74, 6) is -0.499. The van der Waals surface area contributed by atoms with Gasteiger partial charge in [-0.25, -0.2) is 9.59 Å². The van der Waals surface area contributed by atoms with Gasteiger partial charge in [0.05, 0.1) is 5.56 Å². The number of amides is 2. The van der Waals surface area contributed by atoms with E-state index >= 15 is 0 Å². The molecule has 0 spiro atoms. The molecule has 2 aromatic heterocycles. The van der Waals surface area contributed by atoms with E-state index in [1.165, 1.54) is 11.3 Å². The third-order valence-electron chi connectivity index (χ3n) is 5.72. The molecule has 1 aliphatic heterocycles. The first-order valence-corrected chi connectivity index (χ1v) is 12.9. The Labute approximate surface area is 204 Å². The zero-order chi connectivity index (χ0) is 24.7. The standard InChI is InChI=1S/C23H28F3N3O3S2/c1-22(2,3)32-20(30)17-13-6-4-5-7-15(13)34-19(17)29-21(31)28-10-14-12-8-9-27-11-16(12)33-18(14)23(24,25)26/h27H,4-11H2,1-3H3,(H2,28,29,31). The smallest absolute Gasteiger partial charge is 0.425 e. The van der Waals surface area contributed by atoms with Gasteiger partial charge in [-0.15, -0.1) is 22.7 Å². The summed E-state index contributed by atoms with van der Waals surface area (Å²) in [4.78, 5) is 26.7. The highest BCUT2D eigenvalue weighted by Crippen LogP contribution is 2.42. The van der Waals surface area contributed by atoms with Crippen LogP contribution < -0.4 is 16.0 Å². The Morgan fingerprint density at radius 1 is 1.03 bits per heavy atom. The Morgan fingerprint density at radius 2 is 1.76 bits per heavy atom. The third-order valence-corrected chi connectivity index (χ3v) is 8.25. The number of alkyl halides is 3. The van der Waals surface area contributed by atoms with Crippen LogP contribution in [0.4, 0.5) is 23.0 Å². The second-order valence-electron chi connectivity index (χ2n) is 9.46. The molecule has 0 unspecified atom stereocenters. The lowest BCUT2D eigenvalue weighted by atomic mass is 9.95. The molecular weight excluding hydrogens is 487 g/mol. The highest BCUT2D eigenvalue weighted by atomic mass is 32.1. The number of aryl methyl sites for hydroxylation is 1. The maximum absolute atomic E-state index is 13.6. The SMILES string of the molecule is CC(C)(C)OC(=O)c1c(NC(=O)NCc2c(C(F)(F)F)sc3c2CCNC3)sc2c1CCCC2. The van der Waals surface area contributed by atoms with Crippen molar-refractivity contribution in [2.24, 2.45) is 0 Å². The first-order valence-electron chi connectivity index (χ1n) is 11.3. The highest BCUT2D eigenvalue weighted by Gasteiger charge is 2.38. The minimum atomic E-state index is -4.48. The van der Waals surface area contributed by atoms with Gasteiger partial charge in [0, 0.05) is 22.8 Å². The van der Waals surface area contributed by atoms with Crippen molar-refractivity contribution in [1.29, 1.82) is 0 Å². The van der Waals surface area contributed by atoms with Crippen LogP contribution in [0.15, 0.2) is 0 Å². The molecule has 11 heteroatoms. The summed E-state index contributed by atoms with van der Waals surface area (Å²) in [6.07, 6.45) is -0.487. The van der Waals surface area contributed by atoms with E-state index in [-0.39, 0.29) is 12.1 Å². The van der Waals surface area contributed by atoms with Crippen LogP contribution in [0, 0.1) is 0 Å². The van der Waals surface area contributed by atoms with Crippen LogP contribution in [0.3, 0.4) is 0 Å². The topological polar surface area (TPSA) is 79.5 Å². The third kappa shape index (κ3) is 5.41. The van der Waals surface area contributed by atoms with E-state index in [1.807, 2.05) is 0 Å². The second-order valence-corrected chi connectivity index (χ2v) is 11.7. The number of fused-ring (bicyclic) bond motifs is 2. The first-order chi connectivity index (χ1) is 15.9. The largest absolute Gasteiger partial charge is 0.456 e. The molecule has 0 aromatic carbocycles. The lowest BCUT2D eigenvalue weighted by Crippen LogP contribution is -2.31. The van der Waals surface area contributed by atoms with Gasteiger partial charge in [-0.1, -0.05) is 0 Å². The molecule has 34 heavy (non-hydrogen) atoms. The molecule has 4 rings (SSSR count). The van der Waals surface area contributed by atoms with Crippen LogP contribution in [0.2, 0.25) is 0 Å². The van der Waals surface area contributed by atoms with Crippen molar-refractivity contribution in [3.8, 4) is 0 Å². The zero-order valence-corrected chi connectivity index (χ0v) is 21.0. The number of urea groups is 1. The molecule has 3 heterocycles. The van der Waals surface area contributed by atoms with Crippen molar-refractivity contribution in [2.45, 2.75) is 77.7 Å². The second kappa shape index (κ2) is 9.50.